The van der Waals surface area contributed by atoms with Gasteiger partial charge in [0.15, 0.2) is 6.61 Å². The molecule has 264 valence electrons. The number of pyridine rings is 1. The van der Waals surface area contributed by atoms with Crippen molar-refractivity contribution in [2.75, 3.05) is 37.5 Å². The van der Waals surface area contributed by atoms with Crippen molar-refractivity contribution >= 4 is 32.5 Å². The van der Waals surface area contributed by atoms with Crippen LogP contribution in [-0.2, 0) is 23.6 Å². The third-order valence-corrected chi connectivity index (χ3v) is 9.81. The maximum Gasteiger partial charge on any atom is 0.422 e. The first-order chi connectivity index (χ1) is 24.3. The van der Waals surface area contributed by atoms with E-state index in [0.717, 1.165) is 16.5 Å². The van der Waals surface area contributed by atoms with Gasteiger partial charge in [-0.1, -0.05) is 18.2 Å². The highest BCUT2D eigenvalue weighted by molar-refractivity contribution is 7.92. The van der Waals surface area contributed by atoms with Gasteiger partial charge in [0.1, 0.15) is 28.2 Å². The lowest BCUT2D eigenvalue weighted by Gasteiger charge is -2.34. The Balaban J connectivity index is 1.05. The number of fused-ring (bicyclic) bond motifs is 1. The Labute approximate surface area is 292 Å². The van der Waals surface area contributed by atoms with Crippen LogP contribution in [0.3, 0.4) is 0 Å². The first-order valence-electron chi connectivity index (χ1n) is 15.8. The smallest absolute Gasteiger partial charge is 0.422 e. The molecule has 1 amide bonds. The summed E-state index contributed by atoms with van der Waals surface area (Å²) in [5.41, 5.74) is 3.15. The third-order valence-electron chi connectivity index (χ3n) is 8.39. The number of aromatic nitrogens is 2. The number of halogens is 3. The number of nitrogens with one attached hydrogen (secondary N) is 1. The van der Waals surface area contributed by atoms with Gasteiger partial charge in [-0.25, -0.2) is 13.4 Å². The molecule has 0 saturated carbocycles. The summed E-state index contributed by atoms with van der Waals surface area (Å²) in [6.45, 7) is 3.32. The number of sulfonamides is 1. The normalized spacial score (nSPS) is 13.9. The second kappa shape index (κ2) is 14.3. The highest BCUT2D eigenvalue weighted by Gasteiger charge is 2.29. The van der Waals surface area contributed by atoms with Crippen molar-refractivity contribution < 1.29 is 35.9 Å². The molecule has 1 fully saturated rings. The van der Waals surface area contributed by atoms with E-state index in [9.17, 15) is 31.6 Å². The second-order valence-corrected chi connectivity index (χ2v) is 13.8. The van der Waals surface area contributed by atoms with Crippen molar-refractivity contribution in [2.24, 2.45) is 7.05 Å². The van der Waals surface area contributed by atoms with Crippen LogP contribution in [0.25, 0.3) is 10.9 Å². The van der Waals surface area contributed by atoms with Gasteiger partial charge in [-0.05, 0) is 66.6 Å². The molecule has 51 heavy (non-hydrogen) atoms. The van der Waals surface area contributed by atoms with Crippen molar-refractivity contribution in [1.82, 2.24) is 19.4 Å². The summed E-state index contributed by atoms with van der Waals surface area (Å²) < 4.78 is 78.1. The van der Waals surface area contributed by atoms with E-state index < -0.39 is 22.8 Å². The number of nitriles is 1. The Morgan fingerprint density at radius 2 is 1.69 bits per heavy atom. The monoisotopic (exact) mass is 718 g/mol. The molecule has 0 bridgehead atoms. The standard InChI is InChI=1S/C36H33F3N6O5S/c1-24-3-6-27(20-40)33(17-24)51(47,48)42-28-8-12-34(41-21-28)50-30-11-7-26-18-32(43(2)31(26)19-30)35(46)45-15-13-44(14-16-45)22-25-4-9-29(10-5-25)49-23-36(37,38)39/h3-12,17-19,21,42H,13-16,22-23H2,1-2H3. The predicted molar refractivity (Wildman–Crippen MR) is 183 cm³/mol. The molecule has 15 heteroatoms. The highest BCUT2D eigenvalue weighted by atomic mass is 32.2. The summed E-state index contributed by atoms with van der Waals surface area (Å²) in [5, 5.41) is 10.2. The molecule has 6 rings (SSSR count). The fourth-order valence-electron chi connectivity index (χ4n) is 5.74. The Hall–Kier alpha value is -5.59. The first kappa shape index (κ1) is 35.2. The summed E-state index contributed by atoms with van der Waals surface area (Å²) in [4.78, 5) is 21.7. The average molecular weight is 719 g/mol. The maximum absolute atomic E-state index is 13.6. The average Bonchev–Trinajstić information content (AvgIpc) is 3.43. The maximum atomic E-state index is 13.6. The van der Waals surface area contributed by atoms with E-state index in [2.05, 4.69) is 14.6 Å². The van der Waals surface area contributed by atoms with Gasteiger partial charge in [0.25, 0.3) is 15.9 Å². The van der Waals surface area contributed by atoms with E-state index in [1.807, 2.05) is 29.8 Å². The van der Waals surface area contributed by atoms with Crippen molar-refractivity contribution in [3.05, 3.63) is 107 Å². The molecule has 3 aromatic carbocycles. The molecule has 0 aliphatic carbocycles. The van der Waals surface area contributed by atoms with Gasteiger partial charge >= 0.3 is 6.18 Å². The molecule has 5 aromatic rings. The molecule has 11 nitrogen and oxygen atoms in total. The van der Waals surface area contributed by atoms with E-state index in [4.69, 9.17) is 9.47 Å². The van der Waals surface area contributed by atoms with Crippen molar-refractivity contribution in [3.63, 3.8) is 0 Å². The van der Waals surface area contributed by atoms with Crippen LogP contribution in [0.15, 0.2) is 90.0 Å². The van der Waals surface area contributed by atoms with Crippen molar-refractivity contribution in [2.45, 2.75) is 24.5 Å². The number of aryl methyl sites for hydroxylation is 2. The Kier molecular flexibility index (Phi) is 9.91. The Morgan fingerprint density at radius 1 is 0.961 bits per heavy atom. The van der Waals surface area contributed by atoms with E-state index in [1.165, 1.54) is 42.6 Å². The SMILES string of the molecule is Cc1ccc(C#N)c(S(=O)(=O)Nc2ccc(Oc3ccc4cc(C(=O)N5CCN(Cc6ccc(OCC(F)(F)F)cc6)CC5)n(C)c4c3)nc2)c1. The minimum atomic E-state index is -4.39. The lowest BCUT2D eigenvalue weighted by molar-refractivity contribution is -0.153. The summed E-state index contributed by atoms with van der Waals surface area (Å²) in [7, 11) is -2.23. The zero-order valence-electron chi connectivity index (χ0n) is 27.6. The quantitative estimate of drug-likeness (QED) is 0.180. The largest absolute Gasteiger partial charge is 0.484 e. The molecule has 0 spiro atoms. The van der Waals surface area contributed by atoms with Crippen LogP contribution in [0.5, 0.6) is 17.4 Å². The summed E-state index contributed by atoms with van der Waals surface area (Å²) >= 11 is 0. The number of anilines is 1. The molecule has 1 N–H and O–H groups in total. The van der Waals surface area contributed by atoms with Crippen LogP contribution < -0.4 is 14.2 Å². The number of carbonyl (C=O) groups is 1. The fourth-order valence-corrected chi connectivity index (χ4v) is 7.03. The van der Waals surface area contributed by atoms with E-state index in [-0.39, 0.29) is 33.7 Å². The number of nitrogens with zero attached hydrogens (tertiary/aromatic N) is 5. The van der Waals surface area contributed by atoms with Crippen LogP contribution in [-0.4, -0.2) is 72.6 Å². The zero-order chi connectivity index (χ0) is 36.3. The van der Waals surface area contributed by atoms with Crippen LogP contribution >= 0.6 is 0 Å². The number of rotatable bonds is 10. The van der Waals surface area contributed by atoms with Crippen LogP contribution in [0.4, 0.5) is 18.9 Å². The molecular weight excluding hydrogens is 685 g/mol. The van der Waals surface area contributed by atoms with Gasteiger partial charge in [0.2, 0.25) is 5.88 Å². The topological polar surface area (TPSA) is 130 Å². The summed E-state index contributed by atoms with van der Waals surface area (Å²) in [5.74, 6) is 0.745. The lowest BCUT2D eigenvalue weighted by atomic mass is 10.2. The number of carbonyl (C=O) groups excluding carboxylic acids is 1. The number of benzene rings is 3. The van der Waals surface area contributed by atoms with Gasteiger partial charge in [-0.2, -0.15) is 18.4 Å². The van der Waals surface area contributed by atoms with Crippen LogP contribution in [0, 0.1) is 18.3 Å². The Bertz CT molecular complexity index is 2210. The van der Waals surface area contributed by atoms with E-state index >= 15 is 0 Å². The minimum absolute atomic E-state index is 0.0329. The number of hydrogen-bond acceptors (Lipinski definition) is 8. The lowest BCUT2D eigenvalue weighted by Crippen LogP contribution is -2.48. The van der Waals surface area contributed by atoms with Gasteiger partial charge < -0.3 is 18.9 Å². The molecule has 3 heterocycles. The summed E-state index contributed by atoms with van der Waals surface area (Å²) in [6.07, 6.45) is -3.07. The Morgan fingerprint density at radius 3 is 2.35 bits per heavy atom. The van der Waals surface area contributed by atoms with Crippen molar-refractivity contribution in [1.29, 1.82) is 5.26 Å². The van der Waals surface area contributed by atoms with Gasteiger partial charge in [-0.3, -0.25) is 14.4 Å². The van der Waals surface area contributed by atoms with E-state index in [0.29, 0.717) is 49.7 Å². The van der Waals surface area contributed by atoms with Gasteiger partial charge in [0.05, 0.1) is 23.0 Å². The molecule has 0 atom stereocenters. The van der Waals surface area contributed by atoms with Crippen LogP contribution in [0.1, 0.15) is 27.2 Å². The van der Waals surface area contributed by atoms with Crippen LogP contribution in [0.2, 0.25) is 0 Å². The third kappa shape index (κ3) is 8.42. The second-order valence-electron chi connectivity index (χ2n) is 12.1. The predicted octanol–water partition coefficient (Wildman–Crippen LogP) is 6.25. The molecule has 1 aliphatic rings. The molecule has 0 unspecified atom stereocenters. The minimum Gasteiger partial charge on any atom is -0.484 e. The number of ether oxygens (including phenoxy) is 2. The van der Waals surface area contributed by atoms with E-state index in [1.54, 1.807) is 42.2 Å². The number of piperazine rings is 1. The van der Waals surface area contributed by atoms with Gasteiger partial charge in [-0.15, -0.1) is 0 Å². The molecule has 1 saturated heterocycles. The first-order valence-corrected chi connectivity index (χ1v) is 17.3. The summed E-state index contributed by atoms with van der Waals surface area (Å²) in [6, 6.07) is 23.3. The number of hydrogen-bond donors (Lipinski definition) is 1. The zero-order valence-corrected chi connectivity index (χ0v) is 28.5. The molecule has 2 aromatic heterocycles. The highest BCUT2D eigenvalue weighted by Crippen LogP contribution is 2.29. The molecular formula is C36H33F3N6O5S. The van der Waals surface area contributed by atoms with Crippen molar-refractivity contribution in [3.8, 4) is 23.4 Å². The number of alkyl halides is 3. The van der Waals surface area contributed by atoms with Gasteiger partial charge in [0, 0.05) is 57.3 Å². The molecule has 1 aliphatic heterocycles. The fraction of sp³-hybridized carbons (Fsp3) is 0.250. The number of amides is 1. The molecule has 0 radical (unpaired) electrons.